The Balaban J connectivity index is 2.09. The molecule has 0 amide bonds. The normalized spacial score (nSPS) is 16.9. The van der Waals surface area contributed by atoms with Crippen LogP contribution >= 0.6 is 23.4 Å². The number of nitrogens with one attached hydrogen (secondary N) is 1. The molecule has 0 bridgehead atoms. The first-order valence-electron chi connectivity index (χ1n) is 5.04. The maximum Gasteiger partial charge on any atom is 0.228 e. The largest absolute Gasteiger partial charge is 0.357 e. The minimum Gasteiger partial charge on any atom is -0.357 e. The molecule has 4 nitrogen and oxygen atoms in total. The highest BCUT2D eigenvalue weighted by Gasteiger charge is 2.18. The fourth-order valence-corrected chi connectivity index (χ4v) is 3.01. The van der Waals surface area contributed by atoms with E-state index in [1.54, 1.807) is 18.8 Å². The average Bonchev–Trinajstić information content (AvgIpc) is 2.69. The summed E-state index contributed by atoms with van der Waals surface area (Å²) in [5.74, 6) is 0.537. The lowest BCUT2D eigenvalue weighted by molar-refractivity contribution is 0.868. The molecule has 0 atom stereocenters. The number of hydrogen-bond acceptors (Lipinski definition) is 5. The molecule has 0 saturated heterocycles. The van der Waals surface area contributed by atoms with Crippen LogP contribution in [0.25, 0.3) is 0 Å². The summed E-state index contributed by atoms with van der Waals surface area (Å²) < 4.78 is 0. The van der Waals surface area contributed by atoms with E-state index in [0.717, 1.165) is 5.16 Å². The molecule has 0 radical (unpaired) electrons. The molecule has 82 valence electrons. The molecule has 1 aliphatic carbocycles. The lowest BCUT2D eigenvalue weighted by Gasteiger charge is -2.07. The maximum absolute atomic E-state index is 5.80. The molecule has 0 aliphatic heterocycles. The molecule has 1 aliphatic rings. The van der Waals surface area contributed by atoms with Gasteiger partial charge in [0.2, 0.25) is 11.2 Å². The smallest absolute Gasteiger partial charge is 0.228 e. The Hall–Kier alpha value is -0.550. The van der Waals surface area contributed by atoms with Crippen LogP contribution in [0.15, 0.2) is 5.16 Å². The van der Waals surface area contributed by atoms with Crippen molar-refractivity contribution in [3.8, 4) is 0 Å². The molecule has 1 N–H and O–H groups in total. The van der Waals surface area contributed by atoms with Crippen LogP contribution in [0.3, 0.4) is 0 Å². The van der Waals surface area contributed by atoms with Crippen molar-refractivity contribution in [2.24, 2.45) is 0 Å². The maximum atomic E-state index is 5.80. The van der Waals surface area contributed by atoms with E-state index in [-0.39, 0.29) is 5.28 Å². The summed E-state index contributed by atoms with van der Waals surface area (Å²) in [6.45, 7) is 0. The number of hydrogen-bond donors (Lipinski definition) is 1. The van der Waals surface area contributed by atoms with Gasteiger partial charge in [-0.25, -0.2) is 0 Å². The molecule has 2 rings (SSSR count). The second-order valence-corrected chi connectivity index (χ2v) is 5.09. The Morgan fingerprint density at radius 2 is 2.00 bits per heavy atom. The molecular weight excluding hydrogens is 232 g/mol. The molecular formula is C9H13ClN4S. The van der Waals surface area contributed by atoms with Gasteiger partial charge in [0.25, 0.3) is 0 Å². The van der Waals surface area contributed by atoms with E-state index >= 15 is 0 Å². The zero-order valence-electron chi connectivity index (χ0n) is 8.53. The lowest BCUT2D eigenvalue weighted by atomic mass is 10.4. The molecule has 1 heterocycles. The topological polar surface area (TPSA) is 50.7 Å². The Bertz CT molecular complexity index is 341. The molecule has 1 aromatic rings. The third-order valence-electron chi connectivity index (χ3n) is 2.39. The minimum atomic E-state index is 0.259. The first kappa shape index (κ1) is 11.0. The molecule has 0 aromatic carbocycles. The van der Waals surface area contributed by atoms with Gasteiger partial charge in [-0.15, -0.1) is 0 Å². The Labute approximate surface area is 98.3 Å². The Kier molecular flexibility index (Phi) is 3.64. The highest BCUT2D eigenvalue weighted by Crippen LogP contribution is 2.33. The van der Waals surface area contributed by atoms with E-state index in [1.807, 2.05) is 0 Å². The van der Waals surface area contributed by atoms with Crippen molar-refractivity contribution in [2.45, 2.75) is 36.1 Å². The number of nitrogens with zero attached hydrogens (tertiary/aromatic N) is 3. The van der Waals surface area contributed by atoms with E-state index in [2.05, 4.69) is 20.3 Å². The fraction of sp³-hybridized carbons (Fsp3) is 0.667. The van der Waals surface area contributed by atoms with Crippen molar-refractivity contribution in [1.29, 1.82) is 0 Å². The number of aromatic nitrogens is 3. The molecule has 0 spiro atoms. The van der Waals surface area contributed by atoms with Gasteiger partial charge in [0.1, 0.15) is 0 Å². The Morgan fingerprint density at radius 1 is 1.27 bits per heavy atom. The monoisotopic (exact) mass is 244 g/mol. The van der Waals surface area contributed by atoms with Crippen molar-refractivity contribution in [1.82, 2.24) is 15.0 Å². The van der Waals surface area contributed by atoms with E-state index in [0.29, 0.717) is 11.2 Å². The van der Waals surface area contributed by atoms with E-state index < -0.39 is 0 Å². The van der Waals surface area contributed by atoms with Crippen molar-refractivity contribution >= 4 is 29.3 Å². The third-order valence-corrected chi connectivity index (χ3v) is 3.75. The predicted octanol–water partition coefficient (Wildman–Crippen LogP) is 2.60. The van der Waals surface area contributed by atoms with Crippen molar-refractivity contribution < 1.29 is 0 Å². The zero-order valence-corrected chi connectivity index (χ0v) is 10.1. The second kappa shape index (κ2) is 4.99. The van der Waals surface area contributed by atoms with Gasteiger partial charge in [-0.3, -0.25) is 0 Å². The van der Waals surface area contributed by atoms with Crippen molar-refractivity contribution in [2.75, 3.05) is 12.4 Å². The second-order valence-electron chi connectivity index (χ2n) is 3.48. The summed E-state index contributed by atoms with van der Waals surface area (Å²) in [5, 5.41) is 4.51. The lowest BCUT2D eigenvalue weighted by Crippen LogP contribution is -2.02. The highest BCUT2D eigenvalue weighted by atomic mass is 35.5. The van der Waals surface area contributed by atoms with E-state index in [9.17, 15) is 0 Å². The number of thioether (sulfide) groups is 1. The van der Waals surface area contributed by atoms with Gasteiger partial charge >= 0.3 is 0 Å². The van der Waals surface area contributed by atoms with Crippen molar-refractivity contribution in [3.63, 3.8) is 0 Å². The Morgan fingerprint density at radius 3 is 2.67 bits per heavy atom. The fourth-order valence-electron chi connectivity index (χ4n) is 1.65. The first-order chi connectivity index (χ1) is 7.28. The predicted molar refractivity (Wildman–Crippen MR) is 62.5 cm³/mol. The molecule has 15 heavy (non-hydrogen) atoms. The number of halogens is 1. The summed E-state index contributed by atoms with van der Waals surface area (Å²) in [7, 11) is 1.77. The van der Waals surface area contributed by atoms with Gasteiger partial charge in [-0.05, 0) is 24.4 Å². The van der Waals surface area contributed by atoms with Gasteiger partial charge in [-0.1, -0.05) is 24.6 Å². The van der Waals surface area contributed by atoms with Gasteiger partial charge in [0.15, 0.2) is 5.16 Å². The summed E-state index contributed by atoms with van der Waals surface area (Å²) in [6.07, 6.45) is 5.14. The van der Waals surface area contributed by atoms with Crippen molar-refractivity contribution in [3.05, 3.63) is 5.28 Å². The van der Waals surface area contributed by atoms with Gasteiger partial charge in [0, 0.05) is 12.3 Å². The first-order valence-corrected chi connectivity index (χ1v) is 6.29. The van der Waals surface area contributed by atoms with Crippen LogP contribution in [0.4, 0.5) is 5.95 Å². The van der Waals surface area contributed by atoms with E-state index in [4.69, 9.17) is 11.6 Å². The van der Waals surface area contributed by atoms with Crippen LogP contribution in [0.2, 0.25) is 5.28 Å². The number of rotatable bonds is 3. The zero-order chi connectivity index (χ0) is 10.7. The van der Waals surface area contributed by atoms with Crippen LogP contribution in [-0.4, -0.2) is 27.2 Å². The molecule has 0 unspecified atom stereocenters. The third kappa shape index (κ3) is 2.95. The SMILES string of the molecule is CNc1nc(Cl)nc(SC2CCCC2)n1. The average molecular weight is 245 g/mol. The van der Waals surface area contributed by atoms with E-state index in [1.165, 1.54) is 25.7 Å². The summed E-state index contributed by atoms with van der Waals surface area (Å²) in [4.78, 5) is 12.3. The van der Waals surface area contributed by atoms with Crippen LogP contribution in [0, 0.1) is 0 Å². The standard InChI is InChI=1S/C9H13ClN4S/c1-11-8-12-7(10)13-9(14-8)15-6-4-2-3-5-6/h6H,2-5H2,1H3,(H,11,12,13,14). The van der Waals surface area contributed by atoms with Crippen LogP contribution in [0.1, 0.15) is 25.7 Å². The molecule has 1 aromatic heterocycles. The van der Waals surface area contributed by atoms with Gasteiger partial charge < -0.3 is 5.32 Å². The molecule has 1 fully saturated rings. The molecule has 1 saturated carbocycles. The van der Waals surface area contributed by atoms with Crippen LogP contribution in [0.5, 0.6) is 0 Å². The summed E-state index contributed by atoms with van der Waals surface area (Å²) in [5.41, 5.74) is 0. The number of anilines is 1. The van der Waals surface area contributed by atoms with Crippen LogP contribution in [-0.2, 0) is 0 Å². The summed E-state index contributed by atoms with van der Waals surface area (Å²) >= 11 is 7.51. The highest BCUT2D eigenvalue weighted by molar-refractivity contribution is 7.99. The summed E-state index contributed by atoms with van der Waals surface area (Å²) in [6, 6.07) is 0. The van der Waals surface area contributed by atoms with Gasteiger partial charge in [0.05, 0.1) is 0 Å². The molecule has 6 heteroatoms. The minimum absolute atomic E-state index is 0.259. The quantitative estimate of drug-likeness (QED) is 0.886. The van der Waals surface area contributed by atoms with Gasteiger partial charge in [-0.2, -0.15) is 15.0 Å². The van der Waals surface area contributed by atoms with Crippen LogP contribution < -0.4 is 5.32 Å².